The van der Waals surface area contributed by atoms with E-state index in [0.717, 1.165) is 13.8 Å². The molecule has 0 unspecified atom stereocenters. The summed E-state index contributed by atoms with van der Waals surface area (Å²) in [5.41, 5.74) is 0. The Kier molecular flexibility index (Phi) is 24.1. The number of rotatable bonds is 24. The lowest BCUT2D eigenvalue weighted by molar-refractivity contribution is -0.375. The van der Waals surface area contributed by atoms with Crippen LogP contribution in [-0.4, -0.2) is 333 Å². The van der Waals surface area contributed by atoms with E-state index < -0.39 is 229 Å². The molecule has 1 aromatic rings. The average molecular weight is 1150 g/mol. The van der Waals surface area contributed by atoms with Gasteiger partial charge in [-0.15, -0.1) is 0 Å². The van der Waals surface area contributed by atoms with Crippen LogP contribution < -0.4 is 16.0 Å². The summed E-state index contributed by atoms with van der Waals surface area (Å²) in [5.74, 6) is -1.14. The lowest BCUT2D eigenvalue weighted by atomic mass is 9.94. The van der Waals surface area contributed by atoms with Gasteiger partial charge in [0.25, 0.3) is 0 Å². The monoisotopic (exact) mass is 1150 g/mol. The van der Waals surface area contributed by atoms with Crippen molar-refractivity contribution >= 4 is 17.6 Å². The Bertz CT molecular complexity index is 2010. The van der Waals surface area contributed by atoms with E-state index in [1.54, 1.807) is 18.2 Å². The van der Waals surface area contributed by atoms with Crippen molar-refractivity contribution in [2.24, 2.45) is 0 Å². The van der Waals surface area contributed by atoms with Gasteiger partial charge in [-0.05, 0) is 12.1 Å². The van der Waals surface area contributed by atoms with Crippen LogP contribution in [0.3, 0.4) is 0 Å². The minimum absolute atomic E-state index is 0.230. The first-order chi connectivity index (χ1) is 37.5. The minimum atomic E-state index is -2.18. The number of amides is 2. The molecule has 6 heterocycles. The summed E-state index contributed by atoms with van der Waals surface area (Å²) < 4.78 is 57.1. The van der Waals surface area contributed by atoms with Crippen molar-refractivity contribution in [3.63, 3.8) is 0 Å². The van der Waals surface area contributed by atoms with Gasteiger partial charge in [0.2, 0.25) is 11.8 Å². The number of carbonyl (C=O) groups is 2. The molecule has 454 valence electrons. The van der Waals surface area contributed by atoms with Crippen molar-refractivity contribution in [2.45, 2.75) is 192 Å². The van der Waals surface area contributed by atoms with Gasteiger partial charge in [-0.3, -0.25) is 9.59 Å². The maximum Gasteiger partial charge on any atom is 0.217 e. The SMILES string of the molecule is CC(=O)N[C@H]1[C@H](O[C@@H]([C@H](O)[C@H](CNc2ccccn2)NC(C)=O)[C@H](O)CO)O[C@H](CO)[C@@H](O[C@@H]2O[C@H](CO[C@H]3O[C@H](CO[C@H]4O[C@H](CO)[C@@H](O)[C@H](O)[C@@H]4O)[C@@H](O)[C@H](O[C@H]4O[C@H](CO)[C@@H](O)[C@H](O)[C@@H]4O)[C@@H]3O)[C@@H](O)[C@H](O)[C@@H]2O)[C@@H]1O. The van der Waals surface area contributed by atoms with E-state index >= 15 is 0 Å². The molecular formula is C45H74N4O30. The number of aliphatic hydroxyl groups excluding tert-OH is 18. The van der Waals surface area contributed by atoms with Crippen LogP contribution >= 0.6 is 0 Å². The molecule has 1 aromatic heterocycles. The first-order valence-electron chi connectivity index (χ1n) is 25.1. The maximum absolute atomic E-state index is 12.6. The second-order valence-corrected chi connectivity index (χ2v) is 19.5. The molecule has 0 radical (unpaired) electrons. The third-order valence-corrected chi connectivity index (χ3v) is 13.8. The zero-order valence-electron chi connectivity index (χ0n) is 42.4. The molecule has 79 heavy (non-hydrogen) atoms. The van der Waals surface area contributed by atoms with Gasteiger partial charge in [0, 0.05) is 26.6 Å². The molecule has 0 aliphatic carbocycles. The van der Waals surface area contributed by atoms with Crippen LogP contribution in [0, 0.1) is 0 Å². The van der Waals surface area contributed by atoms with Crippen LogP contribution in [0.15, 0.2) is 24.4 Å². The molecule has 5 saturated heterocycles. The molecule has 2 amide bonds. The zero-order chi connectivity index (χ0) is 58.2. The molecule has 0 spiro atoms. The van der Waals surface area contributed by atoms with Crippen LogP contribution in [0.25, 0.3) is 0 Å². The van der Waals surface area contributed by atoms with Gasteiger partial charge in [-0.25, -0.2) is 4.98 Å². The standard InChI is InChI=1S/C45H74N4O30/c1-14(54)48-16(7-47-23-5-3-4-6-46-23)25(57)38(17(56)8-50)77-41-24(49-15(2)55)30(62)39(20(11-53)74-41)78-45-36(68)33(65)28(60)21(76-45)12-71-43-37(69)40(79-44-35(67)32(64)27(59)19(10-52)73-44)29(61)22(75-43)13-70-42-34(66)31(63)26(58)18(9-51)72-42/h3-6,16-22,24-45,50-53,56-69H,7-13H2,1-2H3,(H,46,47)(H,48,54)(H,49,55)/t16-,17+,18+,19+,20+,21+,22+,24+,25+,26+,27+,28+,29+,30+,31-,32-,33-,34-,35-,36-,37-,38+,39+,40-,41-,42-,43-,44+,45-/m0/s1. The highest BCUT2D eigenvalue weighted by Crippen LogP contribution is 2.34. The van der Waals surface area contributed by atoms with E-state index in [4.69, 9.17) is 47.4 Å². The van der Waals surface area contributed by atoms with E-state index in [-0.39, 0.29) is 6.54 Å². The molecule has 0 saturated carbocycles. The number of anilines is 1. The number of hydrogen-bond donors (Lipinski definition) is 21. The fraction of sp³-hybridized carbons (Fsp3) is 0.844. The van der Waals surface area contributed by atoms with Crippen LogP contribution in [0.5, 0.6) is 0 Å². The molecule has 21 N–H and O–H groups in total. The van der Waals surface area contributed by atoms with E-state index in [9.17, 15) is 102 Å². The van der Waals surface area contributed by atoms with Gasteiger partial charge >= 0.3 is 0 Å². The van der Waals surface area contributed by atoms with Crippen molar-refractivity contribution in [3.8, 4) is 0 Å². The highest BCUT2D eigenvalue weighted by molar-refractivity contribution is 5.73. The third-order valence-electron chi connectivity index (χ3n) is 13.8. The Balaban J connectivity index is 1.19. The zero-order valence-corrected chi connectivity index (χ0v) is 42.4. The Hall–Kier alpha value is -3.23. The maximum atomic E-state index is 12.6. The van der Waals surface area contributed by atoms with Gasteiger partial charge in [0.1, 0.15) is 146 Å². The van der Waals surface area contributed by atoms with Crippen LogP contribution in [-0.2, 0) is 57.0 Å². The summed E-state index contributed by atoms with van der Waals surface area (Å²) in [5, 5.41) is 201. The fourth-order valence-electron chi connectivity index (χ4n) is 9.41. The summed E-state index contributed by atoms with van der Waals surface area (Å²) in [4.78, 5) is 29.0. The summed E-state index contributed by atoms with van der Waals surface area (Å²) >= 11 is 0. The molecule has 34 nitrogen and oxygen atoms in total. The smallest absolute Gasteiger partial charge is 0.217 e. The highest BCUT2D eigenvalue weighted by atomic mass is 16.8. The number of hydrogen-bond acceptors (Lipinski definition) is 32. The Morgan fingerprint density at radius 2 is 1.04 bits per heavy atom. The number of nitrogens with zero attached hydrogens (tertiary/aromatic N) is 1. The number of ether oxygens (including phenoxy) is 10. The first-order valence-corrected chi connectivity index (χ1v) is 25.1. The number of pyridine rings is 1. The van der Waals surface area contributed by atoms with Crippen molar-refractivity contribution < 1.29 is 149 Å². The molecule has 5 aliphatic rings. The van der Waals surface area contributed by atoms with Crippen LogP contribution in [0.1, 0.15) is 13.8 Å². The van der Waals surface area contributed by atoms with E-state index in [1.165, 1.54) is 6.20 Å². The fourth-order valence-corrected chi connectivity index (χ4v) is 9.41. The van der Waals surface area contributed by atoms with Gasteiger partial charge in [-0.1, -0.05) is 6.07 Å². The number of aromatic nitrogens is 1. The molecular weight excluding hydrogens is 1080 g/mol. The largest absolute Gasteiger partial charge is 0.394 e. The number of nitrogens with one attached hydrogen (secondary N) is 3. The topological polar surface area (TPSA) is 540 Å². The molecule has 34 heteroatoms. The summed E-state index contributed by atoms with van der Waals surface area (Å²) in [6, 6.07) is 1.84. The summed E-state index contributed by atoms with van der Waals surface area (Å²) in [6.07, 6.45) is -50.4. The molecule has 5 aliphatic heterocycles. The Labute approximate surface area is 449 Å². The van der Waals surface area contributed by atoms with E-state index in [2.05, 4.69) is 20.9 Å². The highest BCUT2D eigenvalue weighted by Gasteiger charge is 2.55. The number of carbonyl (C=O) groups excluding carboxylic acids is 2. The van der Waals surface area contributed by atoms with Gasteiger partial charge in [-0.2, -0.15) is 0 Å². The molecule has 0 bridgehead atoms. The van der Waals surface area contributed by atoms with E-state index in [1.807, 2.05) is 0 Å². The van der Waals surface area contributed by atoms with Gasteiger partial charge in [0.05, 0.1) is 45.7 Å². The van der Waals surface area contributed by atoms with E-state index in [0.29, 0.717) is 5.82 Å². The van der Waals surface area contributed by atoms with Crippen molar-refractivity contribution in [1.29, 1.82) is 0 Å². The Morgan fingerprint density at radius 1 is 0.557 bits per heavy atom. The molecule has 5 fully saturated rings. The first kappa shape index (κ1) is 64.9. The van der Waals surface area contributed by atoms with Gasteiger partial charge < -0.3 is 155 Å². The predicted octanol–water partition coefficient (Wildman–Crippen LogP) is -12.7. The summed E-state index contributed by atoms with van der Waals surface area (Å²) in [6.45, 7) is -3.70. The predicted molar refractivity (Wildman–Crippen MR) is 250 cm³/mol. The third kappa shape index (κ3) is 15.5. The molecule has 6 rings (SSSR count). The normalized spacial score (nSPS) is 42.6. The quantitative estimate of drug-likeness (QED) is 0.0457. The minimum Gasteiger partial charge on any atom is -0.394 e. The van der Waals surface area contributed by atoms with Crippen molar-refractivity contribution in [1.82, 2.24) is 15.6 Å². The molecule has 0 aromatic carbocycles. The molecule has 29 atom stereocenters. The van der Waals surface area contributed by atoms with Crippen molar-refractivity contribution in [2.75, 3.05) is 51.5 Å². The lowest BCUT2D eigenvalue weighted by Gasteiger charge is -2.48. The second-order valence-electron chi connectivity index (χ2n) is 19.5. The van der Waals surface area contributed by atoms with Crippen LogP contribution in [0.4, 0.5) is 5.82 Å². The Morgan fingerprint density at radius 3 is 1.56 bits per heavy atom. The summed E-state index contributed by atoms with van der Waals surface area (Å²) in [7, 11) is 0. The average Bonchev–Trinajstić information content (AvgIpc) is 3.43. The number of aliphatic hydroxyl groups is 18. The second kappa shape index (κ2) is 29.3. The van der Waals surface area contributed by atoms with Gasteiger partial charge in [0.15, 0.2) is 31.5 Å². The lowest BCUT2D eigenvalue weighted by Crippen LogP contribution is -2.69. The van der Waals surface area contributed by atoms with Crippen molar-refractivity contribution in [3.05, 3.63) is 24.4 Å². The van der Waals surface area contributed by atoms with Crippen LogP contribution in [0.2, 0.25) is 0 Å².